The molecule has 0 bridgehead atoms. The summed E-state index contributed by atoms with van der Waals surface area (Å²) < 4.78 is 0. The van der Waals surface area contributed by atoms with Crippen LogP contribution in [0.3, 0.4) is 0 Å². The maximum Gasteiger partial charge on any atom is -0.0471 e. The average molecular weight is 311 g/mol. The third-order valence-corrected chi connectivity index (χ3v) is 4.81. The van der Waals surface area contributed by atoms with Crippen LogP contribution in [0.25, 0.3) is 0 Å². The number of hydrogen-bond acceptors (Lipinski definition) is 0. The van der Waals surface area contributed by atoms with Crippen LogP contribution in [0.15, 0.2) is 0 Å². The minimum absolute atomic E-state index is 0.898. The first kappa shape index (κ1) is 22.0. The van der Waals surface area contributed by atoms with Crippen LogP contribution in [0.1, 0.15) is 130 Å². The van der Waals surface area contributed by atoms with Gasteiger partial charge in [-0.2, -0.15) is 0 Å². The molecule has 0 aromatic heterocycles. The van der Waals surface area contributed by atoms with Crippen molar-refractivity contribution in [3.8, 4) is 0 Å². The van der Waals surface area contributed by atoms with Crippen molar-refractivity contribution in [2.45, 2.75) is 130 Å². The maximum absolute atomic E-state index is 2.34. The summed E-state index contributed by atoms with van der Waals surface area (Å²) >= 11 is 0. The maximum atomic E-state index is 2.34. The molecule has 0 N–H and O–H groups in total. The Morgan fingerprint density at radius 1 is 0.318 bits per heavy atom. The summed E-state index contributed by atoms with van der Waals surface area (Å²) in [6.07, 6.45) is 23.5. The van der Waals surface area contributed by atoms with Crippen LogP contribution < -0.4 is 0 Å². The molecule has 0 aliphatic rings. The fourth-order valence-electron chi connectivity index (χ4n) is 3.23. The molecule has 0 atom stereocenters. The largest absolute Gasteiger partial charge is 0.0628 e. The average Bonchev–Trinajstić information content (AvgIpc) is 2.46. The van der Waals surface area contributed by atoms with Crippen LogP contribution in [0.2, 0.25) is 0 Å². The first-order valence-corrected chi connectivity index (χ1v) is 10.6. The first-order valence-electron chi connectivity index (χ1n) is 10.6. The van der Waals surface area contributed by atoms with Gasteiger partial charge in [-0.15, -0.1) is 0 Å². The first-order chi connectivity index (χ1) is 10.6. The molecule has 0 aliphatic carbocycles. The Morgan fingerprint density at radius 2 is 0.500 bits per heavy atom. The van der Waals surface area contributed by atoms with Gasteiger partial charge in [0.1, 0.15) is 0 Å². The van der Waals surface area contributed by atoms with Gasteiger partial charge in [0, 0.05) is 0 Å². The molecule has 0 heterocycles. The van der Waals surface area contributed by atoms with Crippen molar-refractivity contribution in [1.82, 2.24) is 0 Å². The van der Waals surface area contributed by atoms with E-state index in [2.05, 4.69) is 27.7 Å². The Kier molecular flexibility index (Phi) is 17.4. The monoisotopic (exact) mass is 310 g/mol. The van der Waals surface area contributed by atoms with Crippen LogP contribution in [-0.4, -0.2) is 0 Å². The summed E-state index contributed by atoms with van der Waals surface area (Å²) in [6.45, 7) is 9.36. The van der Waals surface area contributed by atoms with Gasteiger partial charge in [0.2, 0.25) is 0 Å². The molecule has 0 unspecified atom stereocenters. The van der Waals surface area contributed by atoms with Crippen molar-refractivity contribution < 1.29 is 0 Å². The fourth-order valence-corrected chi connectivity index (χ4v) is 3.23. The molecule has 0 rings (SSSR count). The number of rotatable bonds is 17. The Hall–Kier alpha value is 0. The SMILES string of the molecule is CC(C)CCCCCCCCCCCCCCCCC(C)C. The van der Waals surface area contributed by atoms with Gasteiger partial charge in [0.25, 0.3) is 0 Å². The molecule has 0 spiro atoms. The summed E-state index contributed by atoms with van der Waals surface area (Å²) in [6, 6.07) is 0. The van der Waals surface area contributed by atoms with Gasteiger partial charge in [-0.25, -0.2) is 0 Å². The minimum atomic E-state index is 0.898. The van der Waals surface area contributed by atoms with Crippen LogP contribution >= 0.6 is 0 Å². The van der Waals surface area contributed by atoms with E-state index in [1.54, 1.807) is 0 Å². The molecule has 22 heavy (non-hydrogen) atoms. The van der Waals surface area contributed by atoms with Gasteiger partial charge in [-0.1, -0.05) is 130 Å². The highest BCUT2D eigenvalue weighted by atomic mass is 14.0. The Bertz CT molecular complexity index is 170. The molecule has 134 valence electrons. The summed E-state index contributed by atoms with van der Waals surface area (Å²) in [7, 11) is 0. The molecule has 0 aromatic rings. The van der Waals surface area contributed by atoms with Crippen molar-refractivity contribution in [2.75, 3.05) is 0 Å². The van der Waals surface area contributed by atoms with Gasteiger partial charge < -0.3 is 0 Å². The second-order valence-corrected chi connectivity index (χ2v) is 8.31. The molecule has 0 fully saturated rings. The van der Waals surface area contributed by atoms with Crippen molar-refractivity contribution in [3.05, 3.63) is 0 Å². The summed E-state index contributed by atoms with van der Waals surface area (Å²) in [5, 5.41) is 0. The predicted octanol–water partition coefficient (Wildman–Crippen LogP) is 8.54. The third-order valence-electron chi connectivity index (χ3n) is 4.81. The molecule has 0 saturated carbocycles. The van der Waals surface area contributed by atoms with E-state index in [4.69, 9.17) is 0 Å². The fraction of sp³-hybridized carbons (Fsp3) is 1.00. The summed E-state index contributed by atoms with van der Waals surface area (Å²) in [4.78, 5) is 0. The highest BCUT2D eigenvalue weighted by molar-refractivity contribution is 4.51. The highest BCUT2D eigenvalue weighted by Gasteiger charge is 1.97. The lowest BCUT2D eigenvalue weighted by Crippen LogP contribution is -1.88. The van der Waals surface area contributed by atoms with Gasteiger partial charge in [-0.05, 0) is 11.8 Å². The van der Waals surface area contributed by atoms with Crippen molar-refractivity contribution in [2.24, 2.45) is 11.8 Å². The van der Waals surface area contributed by atoms with E-state index in [0.717, 1.165) is 11.8 Å². The molecule has 0 nitrogen and oxygen atoms in total. The zero-order valence-corrected chi connectivity index (χ0v) is 16.5. The summed E-state index contributed by atoms with van der Waals surface area (Å²) in [5.74, 6) is 1.80. The predicted molar refractivity (Wildman–Crippen MR) is 104 cm³/mol. The van der Waals surface area contributed by atoms with E-state index >= 15 is 0 Å². The lowest BCUT2D eigenvalue weighted by atomic mass is 10.0. The smallest absolute Gasteiger partial charge is 0.0471 e. The van der Waals surface area contributed by atoms with E-state index in [1.165, 1.54) is 103 Å². The van der Waals surface area contributed by atoms with Gasteiger partial charge in [-0.3, -0.25) is 0 Å². The molecular formula is C22H46. The molecule has 0 aromatic carbocycles. The second-order valence-electron chi connectivity index (χ2n) is 8.31. The van der Waals surface area contributed by atoms with Crippen molar-refractivity contribution in [1.29, 1.82) is 0 Å². The lowest BCUT2D eigenvalue weighted by Gasteiger charge is -2.05. The van der Waals surface area contributed by atoms with E-state index in [1.807, 2.05) is 0 Å². The second kappa shape index (κ2) is 17.4. The normalized spacial score (nSPS) is 11.7. The molecule has 0 heteroatoms. The zero-order valence-electron chi connectivity index (χ0n) is 16.5. The molecule has 0 amide bonds. The number of hydrogen-bond donors (Lipinski definition) is 0. The highest BCUT2D eigenvalue weighted by Crippen LogP contribution is 2.15. The van der Waals surface area contributed by atoms with E-state index < -0.39 is 0 Å². The van der Waals surface area contributed by atoms with Gasteiger partial charge >= 0.3 is 0 Å². The van der Waals surface area contributed by atoms with Crippen molar-refractivity contribution >= 4 is 0 Å². The summed E-state index contributed by atoms with van der Waals surface area (Å²) in [5.41, 5.74) is 0. The molecule has 0 aliphatic heterocycles. The van der Waals surface area contributed by atoms with Crippen LogP contribution in [0.4, 0.5) is 0 Å². The zero-order chi connectivity index (χ0) is 16.5. The quantitative estimate of drug-likeness (QED) is 0.236. The number of unbranched alkanes of at least 4 members (excludes halogenated alkanes) is 13. The molecule has 0 radical (unpaired) electrons. The van der Waals surface area contributed by atoms with Crippen LogP contribution in [0, 0.1) is 11.8 Å². The molecule has 0 saturated heterocycles. The van der Waals surface area contributed by atoms with Gasteiger partial charge in [0.15, 0.2) is 0 Å². The lowest BCUT2D eigenvalue weighted by molar-refractivity contribution is 0.495. The molecular weight excluding hydrogens is 264 g/mol. The standard InChI is InChI=1S/C22H46/c1-21(2)19-17-15-13-11-9-7-5-6-8-10-12-14-16-18-20-22(3)4/h21-22H,5-20H2,1-4H3. The Balaban J connectivity index is 2.97. The Labute approximate surface area is 142 Å². The Morgan fingerprint density at radius 3 is 0.682 bits per heavy atom. The van der Waals surface area contributed by atoms with E-state index in [-0.39, 0.29) is 0 Å². The van der Waals surface area contributed by atoms with E-state index in [0.29, 0.717) is 0 Å². The van der Waals surface area contributed by atoms with E-state index in [9.17, 15) is 0 Å². The third kappa shape index (κ3) is 20.0. The minimum Gasteiger partial charge on any atom is -0.0628 e. The van der Waals surface area contributed by atoms with Crippen molar-refractivity contribution in [3.63, 3.8) is 0 Å². The van der Waals surface area contributed by atoms with Gasteiger partial charge in [0.05, 0.1) is 0 Å². The van der Waals surface area contributed by atoms with Crippen LogP contribution in [0.5, 0.6) is 0 Å². The van der Waals surface area contributed by atoms with Crippen LogP contribution in [-0.2, 0) is 0 Å². The topological polar surface area (TPSA) is 0 Å².